The largest absolute Gasteiger partial charge is 0.253 e. The van der Waals surface area contributed by atoms with E-state index in [-0.39, 0.29) is 0 Å². The smallest absolute Gasteiger partial charge is 0.0928 e. The molecule has 0 aliphatic rings. The van der Waals surface area contributed by atoms with Gasteiger partial charge in [0, 0.05) is 22.2 Å². The zero-order valence-corrected chi connectivity index (χ0v) is 9.84. The molecule has 0 N–H and O–H groups in total. The SMILES string of the molecule is BrCc1cc(Br)cc2nccnc12. The first-order valence-electron chi connectivity index (χ1n) is 3.76. The molecule has 1 aromatic heterocycles. The molecule has 13 heavy (non-hydrogen) atoms. The molecule has 2 rings (SSSR count). The van der Waals surface area contributed by atoms with Crippen LogP contribution in [-0.4, -0.2) is 9.97 Å². The monoisotopic (exact) mass is 300 g/mol. The summed E-state index contributed by atoms with van der Waals surface area (Å²) in [5, 5.41) is 0.793. The van der Waals surface area contributed by atoms with Crippen LogP contribution in [0.1, 0.15) is 5.56 Å². The molecule has 0 fully saturated rings. The van der Waals surface area contributed by atoms with Gasteiger partial charge in [-0.15, -0.1) is 0 Å². The van der Waals surface area contributed by atoms with Gasteiger partial charge in [0.2, 0.25) is 0 Å². The van der Waals surface area contributed by atoms with Crippen LogP contribution < -0.4 is 0 Å². The number of halogens is 2. The second kappa shape index (κ2) is 3.72. The quantitative estimate of drug-likeness (QED) is 0.755. The summed E-state index contributed by atoms with van der Waals surface area (Å²) in [6.45, 7) is 0. The van der Waals surface area contributed by atoms with Gasteiger partial charge in [-0.25, -0.2) is 0 Å². The average molecular weight is 302 g/mol. The lowest BCUT2D eigenvalue weighted by molar-refractivity contribution is 1.26. The minimum absolute atomic E-state index is 0.793. The number of aromatic nitrogens is 2. The molecule has 0 bridgehead atoms. The third-order valence-corrected chi connectivity index (χ3v) is 2.82. The minimum Gasteiger partial charge on any atom is -0.253 e. The Kier molecular flexibility index (Phi) is 2.60. The van der Waals surface area contributed by atoms with Crippen molar-refractivity contribution < 1.29 is 0 Å². The molecule has 1 aromatic carbocycles. The van der Waals surface area contributed by atoms with Gasteiger partial charge >= 0.3 is 0 Å². The van der Waals surface area contributed by atoms with Gasteiger partial charge in [-0.05, 0) is 17.7 Å². The average Bonchev–Trinajstić information content (AvgIpc) is 2.16. The fraction of sp³-hybridized carbons (Fsp3) is 0.111. The highest BCUT2D eigenvalue weighted by Crippen LogP contribution is 2.22. The van der Waals surface area contributed by atoms with Gasteiger partial charge in [0.05, 0.1) is 11.0 Å². The van der Waals surface area contributed by atoms with Crippen molar-refractivity contribution in [3.63, 3.8) is 0 Å². The highest BCUT2D eigenvalue weighted by Gasteiger charge is 2.02. The van der Waals surface area contributed by atoms with Crippen molar-refractivity contribution in [3.05, 3.63) is 34.6 Å². The minimum atomic E-state index is 0.793. The number of hydrogen-bond acceptors (Lipinski definition) is 2. The lowest BCUT2D eigenvalue weighted by atomic mass is 10.2. The molecule has 0 radical (unpaired) electrons. The van der Waals surface area contributed by atoms with E-state index < -0.39 is 0 Å². The summed E-state index contributed by atoms with van der Waals surface area (Å²) in [7, 11) is 0. The first-order chi connectivity index (χ1) is 6.31. The second-order valence-corrected chi connectivity index (χ2v) is 4.10. The van der Waals surface area contributed by atoms with Crippen LogP contribution >= 0.6 is 31.9 Å². The summed E-state index contributed by atoms with van der Waals surface area (Å²) < 4.78 is 1.04. The Hall–Kier alpha value is -0.480. The van der Waals surface area contributed by atoms with Crippen LogP contribution in [0.4, 0.5) is 0 Å². The summed E-state index contributed by atoms with van der Waals surface area (Å²) in [6.07, 6.45) is 3.41. The Morgan fingerprint density at radius 3 is 2.69 bits per heavy atom. The maximum Gasteiger partial charge on any atom is 0.0928 e. The van der Waals surface area contributed by atoms with E-state index in [1.165, 1.54) is 0 Å². The highest BCUT2D eigenvalue weighted by molar-refractivity contribution is 9.10. The van der Waals surface area contributed by atoms with Crippen molar-refractivity contribution in [2.45, 2.75) is 5.33 Å². The van der Waals surface area contributed by atoms with E-state index in [0.717, 1.165) is 26.4 Å². The van der Waals surface area contributed by atoms with E-state index in [2.05, 4.69) is 41.8 Å². The zero-order valence-electron chi connectivity index (χ0n) is 6.67. The molecule has 2 nitrogen and oxygen atoms in total. The number of fused-ring (bicyclic) bond motifs is 1. The molecule has 0 spiro atoms. The van der Waals surface area contributed by atoms with Crippen LogP contribution in [0.2, 0.25) is 0 Å². The van der Waals surface area contributed by atoms with Crippen LogP contribution in [0.25, 0.3) is 11.0 Å². The topological polar surface area (TPSA) is 25.8 Å². The number of alkyl halides is 1. The molecule has 0 saturated carbocycles. The maximum atomic E-state index is 4.28. The summed E-state index contributed by atoms with van der Waals surface area (Å²) in [5.74, 6) is 0. The normalized spacial score (nSPS) is 10.6. The number of nitrogens with zero attached hydrogens (tertiary/aromatic N) is 2. The van der Waals surface area contributed by atoms with E-state index in [1.807, 2.05) is 12.1 Å². The Balaban J connectivity index is 2.81. The molecule has 0 aliphatic carbocycles. The first kappa shape index (κ1) is 9.09. The molecule has 0 amide bonds. The Labute approximate surface area is 92.7 Å². The van der Waals surface area contributed by atoms with Crippen molar-refractivity contribution in [1.29, 1.82) is 0 Å². The van der Waals surface area contributed by atoms with Gasteiger partial charge in [0.25, 0.3) is 0 Å². The molecule has 0 unspecified atom stereocenters. The van der Waals surface area contributed by atoms with Crippen molar-refractivity contribution in [2.75, 3.05) is 0 Å². The van der Waals surface area contributed by atoms with Crippen LogP contribution in [0.15, 0.2) is 29.0 Å². The fourth-order valence-electron chi connectivity index (χ4n) is 1.21. The molecule has 0 saturated heterocycles. The van der Waals surface area contributed by atoms with E-state index >= 15 is 0 Å². The Bertz CT molecular complexity index is 443. The zero-order chi connectivity index (χ0) is 9.26. The van der Waals surface area contributed by atoms with Crippen molar-refractivity contribution >= 4 is 42.9 Å². The molecular formula is C9H6Br2N2. The molecular weight excluding hydrogens is 296 g/mol. The van der Waals surface area contributed by atoms with Crippen LogP contribution in [0, 0.1) is 0 Å². The number of benzene rings is 1. The van der Waals surface area contributed by atoms with Crippen LogP contribution in [0.3, 0.4) is 0 Å². The molecule has 0 aliphatic heterocycles. The van der Waals surface area contributed by atoms with Gasteiger partial charge in [0.15, 0.2) is 0 Å². The van der Waals surface area contributed by atoms with Crippen LogP contribution in [0.5, 0.6) is 0 Å². The van der Waals surface area contributed by atoms with Crippen LogP contribution in [-0.2, 0) is 5.33 Å². The fourth-order valence-corrected chi connectivity index (χ4v) is 2.13. The second-order valence-electron chi connectivity index (χ2n) is 2.62. The van der Waals surface area contributed by atoms with E-state index in [4.69, 9.17) is 0 Å². The maximum absolute atomic E-state index is 4.28. The van der Waals surface area contributed by atoms with E-state index in [9.17, 15) is 0 Å². The lowest BCUT2D eigenvalue weighted by Crippen LogP contribution is -1.88. The highest BCUT2D eigenvalue weighted by atomic mass is 79.9. The predicted molar refractivity (Wildman–Crippen MR) is 59.9 cm³/mol. The number of rotatable bonds is 1. The van der Waals surface area contributed by atoms with Crippen molar-refractivity contribution in [3.8, 4) is 0 Å². The first-order valence-corrected chi connectivity index (χ1v) is 5.68. The lowest BCUT2D eigenvalue weighted by Gasteiger charge is -2.02. The molecule has 0 atom stereocenters. The predicted octanol–water partition coefficient (Wildman–Crippen LogP) is 3.29. The molecule has 2 aromatic rings. The van der Waals surface area contributed by atoms with Gasteiger partial charge < -0.3 is 0 Å². The molecule has 4 heteroatoms. The molecule has 1 heterocycles. The summed E-state index contributed by atoms with van der Waals surface area (Å²) in [4.78, 5) is 8.52. The van der Waals surface area contributed by atoms with E-state index in [1.54, 1.807) is 12.4 Å². The van der Waals surface area contributed by atoms with Gasteiger partial charge in [-0.1, -0.05) is 31.9 Å². The van der Waals surface area contributed by atoms with E-state index in [0.29, 0.717) is 0 Å². The third-order valence-electron chi connectivity index (χ3n) is 1.76. The summed E-state index contributed by atoms with van der Waals surface area (Å²) in [5.41, 5.74) is 3.03. The number of hydrogen-bond donors (Lipinski definition) is 0. The molecule has 66 valence electrons. The Morgan fingerprint density at radius 2 is 1.92 bits per heavy atom. The van der Waals surface area contributed by atoms with Crippen molar-refractivity contribution in [1.82, 2.24) is 9.97 Å². The Morgan fingerprint density at radius 1 is 1.15 bits per heavy atom. The summed E-state index contributed by atoms with van der Waals surface area (Å²) in [6, 6.07) is 4.01. The summed E-state index contributed by atoms with van der Waals surface area (Å²) >= 11 is 6.86. The third kappa shape index (κ3) is 1.74. The standard InChI is InChI=1S/C9H6Br2N2/c10-5-6-3-7(11)4-8-9(6)13-2-1-12-8/h1-4H,5H2. The van der Waals surface area contributed by atoms with Gasteiger partial charge in [-0.3, -0.25) is 9.97 Å². The van der Waals surface area contributed by atoms with Crippen molar-refractivity contribution in [2.24, 2.45) is 0 Å². The van der Waals surface area contributed by atoms with Gasteiger partial charge in [-0.2, -0.15) is 0 Å². The van der Waals surface area contributed by atoms with Gasteiger partial charge in [0.1, 0.15) is 0 Å².